The maximum Gasteiger partial charge on any atom is 0.338 e. The molecule has 8 heteroatoms. The maximum atomic E-state index is 11.9. The van der Waals surface area contributed by atoms with Crippen LogP contribution in [0.15, 0.2) is 58.0 Å². The number of ether oxygens (including phenoxy) is 1. The number of hydrogen-bond donors (Lipinski definition) is 1. The van der Waals surface area contributed by atoms with E-state index in [2.05, 4.69) is 15.5 Å². The molecule has 1 N–H and O–H groups in total. The minimum Gasteiger partial charge on any atom is -0.465 e. The number of fused-ring (bicyclic) bond motifs is 1. The highest BCUT2D eigenvalue weighted by atomic mass is 32.2. The highest BCUT2D eigenvalue weighted by molar-refractivity contribution is 8.01. The Morgan fingerprint density at radius 2 is 2.00 bits per heavy atom. The van der Waals surface area contributed by atoms with Crippen LogP contribution in [0, 0.1) is 0 Å². The standard InChI is InChI=1S/C18H15N3O3S2/c1-24-17(23)13-7-3-2-6-12(13)10-19-21-16(22)11-25-18-20-14-8-4-5-9-15(14)26-18/h2-10H,11H2,1H3,(H,21,22)/b19-10+. The summed E-state index contributed by atoms with van der Waals surface area (Å²) >= 11 is 2.91. The predicted octanol–water partition coefficient (Wildman–Crippen LogP) is 3.33. The molecule has 0 aliphatic carbocycles. The van der Waals surface area contributed by atoms with Crippen LogP contribution in [0.5, 0.6) is 0 Å². The first-order valence-electron chi connectivity index (χ1n) is 7.65. The molecule has 0 saturated heterocycles. The summed E-state index contributed by atoms with van der Waals surface area (Å²) in [4.78, 5) is 28.1. The van der Waals surface area contributed by atoms with E-state index in [9.17, 15) is 9.59 Å². The van der Waals surface area contributed by atoms with Crippen LogP contribution in [0.3, 0.4) is 0 Å². The van der Waals surface area contributed by atoms with E-state index in [0.29, 0.717) is 11.1 Å². The van der Waals surface area contributed by atoms with Gasteiger partial charge in [0.25, 0.3) is 5.91 Å². The number of para-hydroxylation sites is 1. The molecule has 132 valence electrons. The molecule has 1 amide bonds. The number of methoxy groups -OCH3 is 1. The number of rotatable bonds is 6. The molecule has 0 bridgehead atoms. The Morgan fingerprint density at radius 1 is 1.23 bits per heavy atom. The van der Waals surface area contributed by atoms with Crippen molar-refractivity contribution >= 4 is 51.4 Å². The third-order valence-corrected chi connectivity index (χ3v) is 5.54. The van der Waals surface area contributed by atoms with Gasteiger partial charge in [0.1, 0.15) is 0 Å². The first-order chi connectivity index (χ1) is 12.7. The molecule has 0 radical (unpaired) electrons. The number of nitrogens with one attached hydrogen (secondary N) is 1. The lowest BCUT2D eigenvalue weighted by atomic mass is 10.1. The van der Waals surface area contributed by atoms with Crippen molar-refractivity contribution in [2.75, 3.05) is 12.9 Å². The molecule has 0 aliphatic rings. The number of carbonyl (C=O) groups excluding carboxylic acids is 2. The van der Waals surface area contributed by atoms with Gasteiger partial charge in [0, 0.05) is 5.56 Å². The Hall–Kier alpha value is -2.71. The minimum absolute atomic E-state index is 0.204. The number of esters is 1. The second kappa shape index (κ2) is 8.59. The van der Waals surface area contributed by atoms with E-state index >= 15 is 0 Å². The van der Waals surface area contributed by atoms with Crippen molar-refractivity contribution in [3.8, 4) is 0 Å². The van der Waals surface area contributed by atoms with Gasteiger partial charge in [-0.1, -0.05) is 42.1 Å². The number of carbonyl (C=O) groups is 2. The summed E-state index contributed by atoms with van der Waals surface area (Å²) in [6.07, 6.45) is 1.42. The Balaban J connectivity index is 1.56. The summed E-state index contributed by atoms with van der Waals surface area (Å²) in [6.45, 7) is 0. The second-order valence-electron chi connectivity index (χ2n) is 5.11. The van der Waals surface area contributed by atoms with Crippen LogP contribution in [-0.4, -0.2) is 35.9 Å². The summed E-state index contributed by atoms with van der Waals surface area (Å²) in [6, 6.07) is 14.7. The normalized spacial score (nSPS) is 11.0. The molecule has 0 aliphatic heterocycles. The molecule has 0 spiro atoms. The average molecular weight is 385 g/mol. The zero-order valence-corrected chi connectivity index (χ0v) is 15.5. The van der Waals surface area contributed by atoms with Crippen LogP contribution in [0.4, 0.5) is 0 Å². The summed E-state index contributed by atoms with van der Waals surface area (Å²) < 4.78 is 6.64. The molecule has 0 saturated carbocycles. The van der Waals surface area contributed by atoms with Gasteiger partial charge >= 0.3 is 5.97 Å². The highest BCUT2D eigenvalue weighted by Gasteiger charge is 2.10. The highest BCUT2D eigenvalue weighted by Crippen LogP contribution is 2.28. The molecule has 3 rings (SSSR count). The summed E-state index contributed by atoms with van der Waals surface area (Å²) in [5.41, 5.74) is 4.34. The lowest BCUT2D eigenvalue weighted by molar-refractivity contribution is -0.118. The van der Waals surface area contributed by atoms with E-state index in [1.807, 2.05) is 24.3 Å². The molecule has 0 unspecified atom stereocenters. The van der Waals surface area contributed by atoms with Crippen molar-refractivity contribution < 1.29 is 14.3 Å². The van der Waals surface area contributed by atoms with E-state index in [1.54, 1.807) is 35.6 Å². The largest absolute Gasteiger partial charge is 0.465 e. The Morgan fingerprint density at radius 3 is 2.81 bits per heavy atom. The summed E-state index contributed by atoms with van der Waals surface area (Å²) in [5.74, 6) is -0.499. The van der Waals surface area contributed by atoms with Crippen LogP contribution in [-0.2, 0) is 9.53 Å². The predicted molar refractivity (Wildman–Crippen MR) is 104 cm³/mol. The number of hydrogen-bond acceptors (Lipinski definition) is 7. The van der Waals surface area contributed by atoms with Crippen LogP contribution in [0.1, 0.15) is 15.9 Å². The van der Waals surface area contributed by atoms with Crippen molar-refractivity contribution in [3.05, 3.63) is 59.7 Å². The van der Waals surface area contributed by atoms with Gasteiger partial charge < -0.3 is 4.74 Å². The quantitative estimate of drug-likeness (QED) is 0.305. The SMILES string of the molecule is COC(=O)c1ccccc1/C=N/NC(=O)CSc1nc2ccccc2s1. The van der Waals surface area contributed by atoms with Crippen LogP contribution in [0.25, 0.3) is 10.2 Å². The third kappa shape index (κ3) is 4.47. The lowest BCUT2D eigenvalue weighted by Gasteiger charge is -2.03. The fourth-order valence-corrected chi connectivity index (χ4v) is 4.01. The van der Waals surface area contributed by atoms with Crippen molar-refractivity contribution in [1.82, 2.24) is 10.4 Å². The average Bonchev–Trinajstić information content (AvgIpc) is 3.09. The molecule has 26 heavy (non-hydrogen) atoms. The summed E-state index contributed by atoms with van der Waals surface area (Å²) in [7, 11) is 1.32. The van der Waals surface area contributed by atoms with E-state index in [-0.39, 0.29) is 11.7 Å². The van der Waals surface area contributed by atoms with E-state index in [0.717, 1.165) is 14.6 Å². The van der Waals surface area contributed by atoms with E-state index in [1.165, 1.54) is 25.1 Å². The van der Waals surface area contributed by atoms with Crippen molar-refractivity contribution in [2.45, 2.75) is 4.34 Å². The lowest BCUT2D eigenvalue weighted by Crippen LogP contribution is -2.19. The van der Waals surface area contributed by atoms with Crippen LogP contribution in [0.2, 0.25) is 0 Å². The number of aromatic nitrogens is 1. The smallest absolute Gasteiger partial charge is 0.338 e. The molecule has 0 atom stereocenters. The van der Waals surface area contributed by atoms with Crippen molar-refractivity contribution in [3.63, 3.8) is 0 Å². The van der Waals surface area contributed by atoms with Crippen molar-refractivity contribution in [2.24, 2.45) is 5.10 Å². The van der Waals surface area contributed by atoms with Crippen molar-refractivity contribution in [1.29, 1.82) is 0 Å². The number of thiazole rings is 1. The van der Waals surface area contributed by atoms with Gasteiger partial charge in [-0.2, -0.15) is 5.10 Å². The number of hydrazone groups is 1. The number of amides is 1. The first-order valence-corrected chi connectivity index (χ1v) is 9.45. The zero-order chi connectivity index (χ0) is 18.4. The molecule has 0 fully saturated rings. The number of thioether (sulfide) groups is 1. The van der Waals surface area contributed by atoms with Crippen LogP contribution >= 0.6 is 23.1 Å². The maximum absolute atomic E-state index is 11.9. The van der Waals surface area contributed by atoms with E-state index in [4.69, 9.17) is 4.74 Å². The Bertz CT molecular complexity index is 936. The van der Waals surface area contributed by atoms with Crippen LogP contribution < -0.4 is 5.43 Å². The molecule has 3 aromatic rings. The minimum atomic E-state index is -0.454. The molecule has 1 heterocycles. The van der Waals surface area contributed by atoms with Gasteiger partial charge in [-0.05, 0) is 18.2 Å². The topological polar surface area (TPSA) is 80.6 Å². The molecular weight excluding hydrogens is 370 g/mol. The second-order valence-corrected chi connectivity index (χ2v) is 7.36. The van der Waals surface area contributed by atoms with E-state index < -0.39 is 5.97 Å². The van der Waals surface area contributed by atoms with Gasteiger partial charge in [0.2, 0.25) is 0 Å². The fourth-order valence-electron chi connectivity index (χ4n) is 2.15. The van der Waals surface area contributed by atoms with Gasteiger partial charge in [-0.25, -0.2) is 15.2 Å². The Labute approximate surface area is 158 Å². The van der Waals surface area contributed by atoms with Gasteiger partial charge in [0.05, 0.1) is 34.9 Å². The molecule has 6 nitrogen and oxygen atoms in total. The monoisotopic (exact) mass is 385 g/mol. The zero-order valence-electron chi connectivity index (χ0n) is 13.8. The Kier molecular flexibility index (Phi) is 5.98. The third-order valence-electron chi connectivity index (χ3n) is 3.36. The molecule has 1 aromatic heterocycles. The molecular formula is C18H15N3O3S2. The molecule has 2 aromatic carbocycles. The number of nitrogens with zero attached hydrogens (tertiary/aromatic N) is 2. The first kappa shape index (κ1) is 18.1. The van der Waals surface area contributed by atoms with Gasteiger partial charge in [0.15, 0.2) is 4.34 Å². The number of benzene rings is 2. The van der Waals surface area contributed by atoms with Gasteiger partial charge in [-0.15, -0.1) is 11.3 Å². The summed E-state index contributed by atoms with van der Waals surface area (Å²) in [5, 5.41) is 3.91. The fraction of sp³-hybridized carbons (Fsp3) is 0.111. The van der Waals surface area contributed by atoms with Gasteiger partial charge in [-0.3, -0.25) is 4.79 Å².